The number of likely N-dealkylation sites (tertiary alicyclic amines) is 1. The van der Waals surface area contributed by atoms with Gasteiger partial charge in [0, 0.05) is 37.4 Å². The van der Waals surface area contributed by atoms with Gasteiger partial charge in [0.15, 0.2) is 5.89 Å². The maximum absolute atomic E-state index is 12.8. The Balaban J connectivity index is 1.30. The van der Waals surface area contributed by atoms with E-state index in [9.17, 15) is 4.79 Å². The van der Waals surface area contributed by atoms with E-state index in [1.165, 1.54) is 10.4 Å². The highest BCUT2D eigenvalue weighted by Crippen LogP contribution is 2.27. The predicted molar refractivity (Wildman–Crippen MR) is 92.7 cm³/mol. The third-order valence-electron chi connectivity index (χ3n) is 5.11. The normalized spacial score (nSPS) is 19.5. The van der Waals surface area contributed by atoms with Gasteiger partial charge in [-0.05, 0) is 49.4 Å². The van der Waals surface area contributed by atoms with E-state index in [0.29, 0.717) is 11.8 Å². The Morgan fingerprint density at radius 2 is 2.21 bits per heavy atom. The summed E-state index contributed by atoms with van der Waals surface area (Å²) < 4.78 is 5.27. The van der Waals surface area contributed by atoms with Crippen molar-refractivity contribution in [2.45, 2.75) is 39.3 Å². The Bertz CT molecular complexity index is 715. The van der Waals surface area contributed by atoms with E-state index in [1.807, 2.05) is 18.3 Å². The van der Waals surface area contributed by atoms with Crippen molar-refractivity contribution in [3.8, 4) is 0 Å². The summed E-state index contributed by atoms with van der Waals surface area (Å²) in [6.07, 6.45) is 4.65. The Kier molecular flexibility index (Phi) is 4.41. The number of carbonyl (C=O) groups excluding carboxylic acids is 1. The van der Waals surface area contributed by atoms with Gasteiger partial charge in [-0.25, -0.2) is 4.98 Å². The molecular formula is C18H23N3O2S. The zero-order valence-electron chi connectivity index (χ0n) is 14.0. The van der Waals surface area contributed by atoms with Crippen LogP contribution in [0.25, 0.3) is 0 Å². The summed E-state index contributed by atoms with van der Waals surface area (Å²) in [5.74, 6) is 1.25. The molecule has 4 heterocycles. The molecule has 2 aromatic heterocycles. The highest BCUT2D eigenvalue weighted by atomic mass is 32.1. The molecule has 4 rings (SSSR count). The number of aryl methyl sites for hydroxylation is 1. The highest BCUT2D eigenvalue weighted by Gasteiger charge is 2.30. The van der Waals surface area contributed by atoms with Crippen LogP contribution in [-0.4, -0.2) is 40.3 Å². The van der Waals surface area contributed by atoms with E-state index in [2.05, 4.69) is 26.2 Å². The van der Waals surface area contributed by atoms with Gasteiger partial charge >= 0.3 is 0 Å². The fourth-order valence-electron chi connectivity index (χ4n) is 3.74. The molecule has 2 aliphatic heterocycles. The Labute approximate surface area is 146 Å². The average Bonchev–Trinajstić information content (AvgIpc) is 3.23. The first-order valence-electron chi connectivity index (χ1n) is 8.66. The first-order valence-corrected chi connectivity index (χ1v) is 9.54. The number of hydrogen-bond donors (Lipinski definition) is 0. The number of aromatic nitrogens is 1. The van der Waals surface area contributed by atoms with Gasteiger partial charge in [0.25, 0.3) is 0 Å². The van der Waals surface area contributed by atoms with Crippen molar-refractivity contribution in [2.24, 2.45) is 5.92 Å². The van der Waals surface area contributed by atoms with Gasteiger partial charge < -0.3 is 9.32 Å². The van der Waals surface area contributed by atoms with Gasteiger partial charge in [0.05, 0.1) is 5.69 Å². The Morgan fingerprint density at radius 3 is 2.96 bits per heavy atom. The van der Waals surface area contributed by atoms with Crippen molar-refractivity contribution in [3.05, 3.63) is 39.7 Å². The molecule has 0 saturated carbocycles. The van der Waals surface area contributed by atoms with Crippen molar-refractivity contribution in [2.75, 3.05) is 19.6 Å². The smallest absolute Gasteiger partial charge is 0.226 e. The van der Waals surface area contributed by atoms with Crippen molar-refractivity contribution in [3.63, 3.8) is 0 Å². The molecule has 0 aliphatic carbocycles. The maximum Gasteiger partial charge on any atom is 0.226 e. The predicted octanol–water partition coefficient (Wildman–Crippen LogP) is 2.84. The molecule has 0 spiro atoms. The fraction of sp³-hybridized carbons (Fsp3) is 0.556. The lowest BCUT2D eigenvalue weighted by Crippen LogP contribution is -2.43. The highest BCUT2D eigenvalue weighted by molar-refractivity contribution is 7.10. The molecule has 24 heavy (non-hydrogen) atoms. The maximum atomic E-state index is 12.8. The summed E-state index contributed by atoms with van der Waals surface area (Å²) in [5.41, 5.74) is 2.33. The monoisotopic (exact) mass is 345 g/mol. The zero-order chi connectivity index (χ0) is 16.5. The first-order chi connectivity index (χ1) is 11.7. The van der Waals surface area contributed by atoms with Crippen LogP contribution in [0.2, 0.25) is 0 Å². The summed E-state index contributed by atoms with van der Waals surface area (Å²) in [6, 6.07) is 2.17. The van der Waals surface area contributed by atoms with Crippen molar-refractivity contribution >= 4 is 17.2 Å². The number of nitrogens with zero attached hydrogens (tertiary/aromatic N) is 3. The third kappa shape index (κ3) is 3.26. The van der Waals surface area contributed by atoms with Gasteiger partial charge in [0.2, 0.25) is 5.91 Å². The minimum atomic E-state index is 0.181. The number of piperidine rings is 1. The molecule has 0 unspecified atom stereocenters. The van der Waals surface area contributed by atoms with Gasteiger partial charge in [-0.3, -0.25) is 9.69 Å². The minimum Gasteiger partial charge on any atom is -0.449 e. The van der Waals surface area contributed by atoms with E-state index in [-0.39, 0.29) is 5.92 Å². The number of fused-ring (bicyclic) bond motifs is 1. The van der Waals surface area contributed by atoms with E-state index in [1.54, 1.807) is 6.26 Å². The quantitative estimate of drug-likeness (QED) is 0.858. The number of amides is 1. The Hall–Kier alpha value is -1.66. The molecule has 1 amide bonds. The number of oxazole rings is 1. The molecule has 1 fully saturated rings. The molecular weight excluding hydrogens is 322 g/mol. The van der Waals surface area contributed by atoms with Crippen LogP contribution < -0.4 is 0 Å². The molecule has 0 N–H and O–H groups in total. The van der Waals surface area contributed by atoms with Crippen molar-refractivity contribution < 1.29 is 9.21 Å². The summed E-state index contributed by atoms with van der Waals surface area (Å²) in [4.78, 5) is 23.1. The van der Waals surface area contributed by atoms with Crippen molar-refractivity contribution in [1.82, 2.24) is 14.8 Å². The fourth-order valence-corrected chi connectivity index (χ4v) is 4.63. The van der Waals surface area contributed by atoms with Crippen LogP contribution in [0, 0.1) is 12.8 Å². The lowest BCUT2D eigenvalue weighted by molar-refractivity contribution is -0.138. The molecule has 0 bridgehead atoms. The zero-order valence-corrected chi connectivity index (χ0v) is 14.8. The Morgan fingerprint density at radius 1 is 1.38 bits per heavy atom. The van der Waals surface area contributed by atoms with Gasteiger partial charge in [-0.15, -0.1) is 11.3 Å². The summed E-state index contributed by atoms with van der Waals surface area (Å²) in [5, 5.41) is 2.14. The van der Waals surface area contributed by atoms with Crippen LogP contribution in [-0.2, 0) is 24.3 Å². The molecule has 5 nitrogen and oxygen atoms in total. The van der Waals surface area contributed by atoms with Crippen LogP contribution >= 0.6 is 11.3 Å². The van der Waals surface area contributed by atoms with Crippen molar-refractivity contribution in [1.29, 1.82) is 0 Å². The lowest BCUT2D eigenvalue weighted by atomic mass is 9.94. The van der Waals surface area contributed by atoms with E-state index < -0.39 is 0 Å². The number of hydrogen-bond acceptors (Lipinski definition) is 5. The molecule has 0 atom stereocenters. The molecule has 0 aromatic carbocycles. The standard InChI is InChI=1S/C18H23N3O2S/c1-13-19-16(12-23-13)11-20-6-2-14(3-7-20)18(22)21-8-4-17-15(10-21)5-9-24-17/h5,9,12,14H,2-4,6-8,10-11H2,1H3. The number of carbonyl (C=O) groups is 1. The lowest BCUT2D eigenvalue weighted by Gasteiger charge is -2.35. The average molecular weight is 345 g/mol. The van der Waals surface area contributed by atoms with Crippen LogP contribution in [0.4, 0.5) is 0 Å². The number of rotatable bonds is 3. The first kappa shape index (κ1) is 15.8. The van der Waals surface area contributed by atoms with Gasteiger partial charge in [0.1, 0.15) is 6.26 Å². The second-order valence-corrected chi connectivity index (χ2v) is 7.79. The topological polar surface area (TPSA) is 49.6 Å². The second kappa shape index (κ2) is 6.69. The summed E-state index contributed by atoms with van der Waals surface area (Å²) in [7, 11) is 0. The van der Waals surface area contributed by atoms with Crippen LogP contribution in [0.3, 0.4) is 0 Å². The summed E-state index contributed by atoms with van der Waals surface area (Å²) >= 11 is 1.82. The molecule has 0 radical (unpaired) electrons. The summed E-state index contributed by atoms with van der Waals surface area (Å²) in [6.45, 7) is 6.28. The van der Waals surface area contributed by atoms with Crippen LogP contribution in [0.5, 0.6) is 0 Å². The molecule has 6 heteroatoms. The largest absolute Gasteiger partial charge is 0.449 e. The molecule has 128 valence electrons. The van der Waals surface area contributed by atoms with Gasteiger partial charge in [-0.1, -0.05) is 0 Å². The third-order valence-corrected chi connectivity index (χ3v) is 6.13. The van der Waals surface area contributed by atoms with Crippen LogP contribution in [0.15, 0.2) is 22.1 Å². The van der Waals surface area contributed by atoms with E-state index in [0.717, 1.165) is 57.7 Å². The van der Waals surface area contributed by atoms with Crippen LogP contribution in [0.1, 0.15) is 34.9 Å². The van der Waals surface area contributed by atoms with E-state index in [4.69, 9.17) is 4.42 Å². The number of thiophene rings is 1. The van der Waals surface area contributed by atoms with Gasteiger partial charge in [-0.2, -0.15) is 0 Å². The SMILES string of the molecule is Cc1nc(CN2CCC(C(=O)N3CCc4sccc4C3)CC2)co1. The second-order valence-electron chi connectivity index (χ2n) is 6.79. The van der Waals surface area contributed by atoms with E-state index >= 15 is 0 Å². The molecule has 1 saturated heterocycles. The molecule has 2 aromatic rings. The minimum absolute atomic E-state index is 0.181. The molecule has 2 aliphatic rings.